The van der Waals surface area contributed by atoms with Gasteiger partial charge in [-0.15, -0.1) is 0 Å². The maximum atomic E-state index is 12.3. The Morgan fingerprint density at radius 3 is 2.63 bits per heavy atom. The minimum absolute atomic E-state index is 0.172. The molecule has 2 fully saturated rings. The minimum Gasteiger partial charge on any atom is -0.444 e. The first-order valence-corrected chi connectivity index (χ1v) is 7.25. The monoisotopic (exact) mass is 270 g/mol. The van der Waals surface area contributed by atoms with Crippen LogP contribution in [-0.2, 0) is 9.47 Å². The fourth-order valence-electron chi connectivity index (χ4n) is 2.79. The highest BCUT2D eigenvalue weighted by Gasteiger charge is 2.36. The summed E-state index contributed by atoms with van der Waals surface area (Å²) in [5.41, 5.74) is -0.436. The van der Waals surface area contributed by atoms with E-state index in [0.717, 1.165) is 25.9 Å². The molecular weight excluding hydrogens is 244 g/mol. The largest absolute Gasteiger partial charge is 0.444 e. The molecule has 0 aromatic heterocycles. The van der Waals surface area contributed by atoms with Gasteiger partial charge in [0.2, 0.25) is 0 Å². The van der Waals surface area contributed by atoms with Gasteiger partial charge in [0.05, 0.1) is 19.3 Å². The molecular formula is C14H26N2O3. The first-order valence-electron chi connectivity index (χ1n) is 7.25. The van der Waals surface area contributed by atoms with Crippen molar-refractivity contribution in [3.63, 3.8) is 0 Å². The summed E-state index contributed by atoms with van der Waals surface area (Å²) >= 11 is 0. The van der Waals surface area contributed by atoms with E-state index >= 15 is 0 Å². The molecule has 0 aromatic rings. The molecule has 0 saturated carbocycles. The summed E-state index contributed by atoms with van der Waals surface area (Å²) in [4.78, 5) is 14.2. The van der Waals surface area contributed by atoms with Gasteiger partial charge in [-0.25, -0.2) is 4.79 Å². The molecule has 2 rings (SSSR count). The van der Waals surface area contributed by atoms with E-state index < -0.39 is 5.60 Å². The summed E-state index contributed by atoms with van der Waals surface area (Å²) < 4.78 is 11.1. The van der Waals surface area contributed by atoms with E-state index in [1.54, 1.807) is 0 Å². The fourth-order valence-corrected chi connectivity index (χ4v) is 2.79. The summed E-state index contributed by atoms with van der Waals surface area (Å²) in [6.07, 6.45) is 2.01. The maximum Gasteiger partial charge on any atom is 0.410 e. The van der Waals surface area contributed by atoms with E-state index in [1.165, 1.54) is 0 Å². The molecule has 2 heterocycles. The van der Waals surface area contributed by atoms with Crippen LogP contribution in [0.1, 0.15) is 33.6 Å². The number of rotatable bonds is 1. The quantitative estimate of drug-likeness (QED) is 0.786. The second-order valence-electron chi connectivity index (χ2n) is 6.40. The Hall–Kier alpha value is -0.810. The van der Waals surface area contributed by atoms with Crippen LogP contribution in [0.15, 0.2) is 0 Å². The van der Waals surface area contributed by atoms with Gasteiger partial charge in [-0.2, -0.15) is 0 Å². The van der Waals surface area contributed by atoms with Crippen molar-refractivity contribution in [3.8, 4) is 0 Å². The van der Waals surface area contributed by atoms with E-state index in [2.05, 4.69) is 5.32 Å². The molecule has 2 saturated heterocycles. The van der Waals surface area contributed by atoms with Crippen molar-refractivity contribution in [1.82, 2.24) is 10.2 Å². The van der Waals surface area contributed by atoms with Crippen molar-refractivity contribution in [2.24, 2.45) is 5.92 Å². The van der Waals surface area contributed by atoms with Crippen molar-refractivity contribution in [3.05, 3.63) is 0 Å². The minimum atomic E-state index is -0.436. The van der Waals surface area contributed by atoms with Crippen LogP contribution in [0.5, 0.6) is 0 Å². The molecule has 0 radical (unpaired) electrons. The molecule has 2 aliphatic rings. The molecule has 1 amide bonds. The number of morpholine rings is 1. The zero-order valence-corrected chi connectivity index (χ0v) is 12.3. The Kier molecular flexibility index (Phi) is 4.68. The third-order valence-corrected chi connectivity index (χ3v) is 3.72. The molecule has 5 heteroatoms. The molecule has 2 aliphatic heterocycles. The zero-order valence-electron chi connectivity index (χ0n) is 12.3. The van der Waals surface area contributed by atoms with Crippen LogP contribution in [0, 0.1) is 5.92 Å². The summed E-state index contributed by atoms with van der Waals surface area (Å²) in [7, 11) is 0. The molecule has 0 spiro atoms. The van der Waals surface area contributed by atoms with Gasteiger partial charge in [-0.05, 0) is 52.6 Å². The van der Waals surface area contributed by atoms with Crippen LogP contribution >= 0.6 is 0 Å². The van der Waals surface area contributed by atoms with E-state index in [4.69, 9.17) is 9.47 Å². The predicted molar refractivity (Wildman–Crippen MR) is 73.1 cm³/mol. The SMILES string of the molecule is CC(C)(C)OC(=O)N1CCOCC1C1CCNCC1. The third-order valence-electron chi connectivity index (χ3n) is 3.72. The van der Waals surface area contributed by atoms with Crippen molar-refractivity contribution in [2.75, 3.05) is 32.8 Å². The smallest absolute Gasteiger partial charge is 0.410 e. The number of amides is 1. The molecule has 110 valence electrons. The maximum absolute atomic E-state index is 12.3. The number of piperidine rings is 1. The lowest BCUT2D eigenvalue weighted by Gasteiger charge is -2.41. The van der Waals surface area contributed by atoms with Crippen LogP contribution in [0.4, 0.5) is 4.79 Å². The van der Waals surface area contributed by atoms with Crippen molar-refractivity contribution in [1.29, 1.82) is 0 Å². The Morgan fingerprint density at radius 1 is 1.32 bits per heavy atom. The van der Waals surface area contributed by atoms with Gasteiger partial charge >= 0.3 is 6.09 Å². The van der Waals surface area contributed by atoms with Crippen LogP contribution < -0.4 is 5.32 Å². The normalized spacial score (nSPS) is 26.3. The van der Waals surface area contributed by atoms with Crippen LogP contribution in [0.25, 0.3) is 0 Å². The highest BCUT2D eigenvalue weighted by molar-refractivity contribution is 5.68. The van der Waals surface area contributed by atoms with Gasteiger partial charge in [-0.1, -0.05) is 0 Å². The summed E-state index contributed by atoms with van der Waals surface area (Å²) in [6, 6.07) is 0.172. The van der Waals surface area contributed by atoms with E-state index in [9.17, 15) is 4.79 Å². The van der Waals surface area contributed by atoms with Gasteiger partial charge in [0.15, 0.2) is 0 Å². The molecule has 1 N–H and O–H groups in total. The van der Waals surface area contributed by atoms with Gasteiger partial charge in [0.1, 0.15) is 5.60 Å². The Morgan fingerprint density at radius 2 is 2.00 bits per heavy atom. The Labute approximate surface area is 115 Å². The van der Waals surface area contributed by atoms with Crippen LogP contribution in [0.3, 0.4) is 0 Å². The standard InChI is InChI=1S/C14H26N2O3/c1-14(2,3)19-13(17)16-8-9-18-10-12(16)11-4-6-15-7-5-11/h11-12,15H,4-10H2,1-3H3. The number of nitrogens with zero attached hydrogens (tertiary/aromatic N) is 1. The number of carbonyl (C=O) groups excluding carboxylic acids is 1. The average Bonchev–Trinajstić information content (AvgIpc) is 2.38. The zero-order chi connectivity index (χ0) is 13.9. The molecule has 5 nitrogen and oxygen atoms in total. The van der Waals surface area contributed by atoms with Crippen LogP contribution in [-0.4, -0.2) is 55.5 Å². The molecule has 0 bridgehead atoms. The molecule has 1 unspecified atom stereocenters. The summed E-state index contributed by atoms with van der Waals surface area (Å²) in [6.45, 7) is 9.68. The van der Waals surface area contributed by atoms with Crippen molar-refractivity contribution >= 4 is 6.09 Å². The highest BCUT2D eigenvalue weighted by atomic mass is 16.6. The van der Waals surface area contributed by atoms with Crippen LogP contribution in [0.2, 0.25) is 0 Å². The lowest BCUT2D eigenvalue weighted by atomic mass is 9.89. The van der Waals surface area contributed by atoms with Gasteiger partial charge in [-0.3, -0.25) is 0 Å². The van der Waals surface area contributed by atoms with E-state index in [-0.39, 0.29) is 12.1 Å². The van der Waals surface area contributed by atoms with Gasteiger partial charge < -0.3 is 19.7 Å². The second kappa shape index (κ2) is 6.09. The van der Waals surface area contributed by atoms with Gasteiger partial charge in [0, 0.05) is 6.54 Å². The summed E-state index contributed by atoms with van der Waals surface area (Å²) in [5, 5.41) is 3.36. The number of ether oxygens (including phenoxy) is 2. The van der Waals surface area contributed by atoms with Crippen molar-refractivity contribution < 1.29 is 14.3 Å². The van der Waals surface area contributed by atoms with E-state index in [0.29, 0.717) is 25.7 Å². The van der Waals surface area contributed by atoms with E-state index in [1.807, 2.05) is 25.7 Å². The third kappa shape index (κ3) is 4.08. The number of hydrogen-bond acceptors (Lipinski definition) is 4. The van der Waals surface area contributed by atoms with Gasteiger partial charge in [0.25, 0.3) is 0 Å². The number of hydrogen-bond donors (Lipinski definition) is 1. The lowest BCUT2D eigenvalue weighted by molar-refractivity contribution is -0.0499. The first kappa shape index (κ1) is 14.6. The average molecular weight is 270 g/mol. The fraction of sp³-hybridized carbons (Fsp3) is 0.929. The second-order valence-corrected chi connectivity index (χ2v) is 6.40. The Bertz CT molecular complexity index is 308. The highest BCUT2D eigenvalue weighted by Crippen LogP contribution is 2.25. The predicted octanol–water partition coefficient (Wildman–Crippen LogP) is 1.62. The Balaban J connectivity index is 2.00. The summed E-state index contributed by atoms with van der Waals surface area (Å²) in [5.74, 6) is 0.522. The van der Waals surface area contributed by atoms with Crippen molar-refractivity contribution in [2.45, 2.75) is 45.3 Å². The number of carbonyl (C=O) groups is 1. The first-order chi connectivity index (χ1) is 8.97. The molecule has 0 aliphatic carbocycles. The number of nitrogens with one attached hydrogen (secondary N) is 1. The topological polar surface area (TPSA) is 50.8 Å². The molecule has 1 atom stereocenters. The lowest BCUT2D eigenvalue weighted by Crippen LogP contribution is -2.54. The molecule has 19 heavy (non-hydrogen) atoms. The molecule has 0 aromatic carbocycles.